The minimum absolute atomic E-state index is 0.0224. The first-order chi connectivity index (χ1) is 12.1. The highest BCUT2D eigenvalue weighted by molar-refractivity contribution is 5.95. The van der Waals surface area contributed by atoms with Crippen LogP contribution in [-0.2, 0) is 16.0 Å². The number of hydrogen-bond acceptors (Lipinski definition) is 5. The summed E-state index contributed by atoms with van der Waals surface area (Å²) in [7, 11) is 0. The predicted molar refractivity (Wildman–Crippen MR) is 92.2 cm³/mol. The summed E-state index contributed by atoms with van der Waals surface area (Å²) in [5.41, 5.74) is 1.26. The van der Waals surface area contributed by atoms with Crippen LogP contribution in [-0.4, -0.2) is 30.6 Å². The van der Waals surface area contributed by atoms with Crippen molar-refractivity contribution in [1.82, 2.24) is 5.32 Å². The fourth-order valence-corrected chi connectivity index (χ4v) is 2.70. The van der Waals surface area contributed by atoms with Crippen molar-refractivity contribution in [3.8, 4) is 18.1 Å². The lowest BCUT2D eigenvalue weighted by Gasteiger charge is -2.18. The maximum Gasteiger partial charge on any atom is 0.262 e. The van der Waals surface area contributed by atoms with Gasteiger partial charge in [-0.3, -0.25) is 9.59 Å². The Bertz CT molecular complexity index is 745. The van der Waals surface area contributed by atoms with Crippen LogP contribution < -0.4 is 15.4 Å². The molecule has 3 rings (SSSR count). The van der Waals surface area contributed by atoms with E-state index in [2.05, 4.69) is 26.8 Å². The number of benzene rings is 1. The van der Waals surface area contributed by atoms with Crippen LogP contribution in [0.15, 0.2) is 28.4 Å². The molecule has 0 radical (unpaired) electrons. The van der Waals surface area contributed by atoms with Crippen molar-refractivity contribution < 1.29 is 14.3 Å². The lowest BCUT2D eigenvalue weighted by molar-refractivity contribution is -0.121. The number of carbonyl (C=O) groups excluding carboxylic acids is 2. The average molecular weight is 340 g/mol. The molecule has 2 heterocycles. The SMILES string of the molecule is C#CCCC1(CCNC(=O)CCc2ccc3c(c2)NC(=O)CO3)N=N1. The number of ether oxygens (including phenoxy) is 1. The van der Waals surface area contributed by atoms with Crippen molar-refractivity contribution in [2.24, 2.45) is 10.2 Å². The zero-order valence-corrected chi connectivity index (χ0v) is 13.9. The summed E-state index contributed by atoms with van der Waals surface area (Å²) in [4.78, 5) is 23.3. The number of anilines is 1. The van der Waals surface area contributed by atoms with Gasteiger partial charge < -0.3 is 15.4 Å². The first-order valence-electron chi connectivity index (χ1n) is 8.30. The van der Waals surface area contributed by atoms with Crippen LogP contribution in [0, 0.1) is 12.3 Å². The number of aryl methyl sites for hydroxylation is 1. The molecular formula is C18H20N4O3. The van der Waals surface area contributed by atoms with Crippen molar-refractivity contribution in [1.29, 1.82) is 0 Å². The molecule has 0 spiro atoms. The number of amides is 2. The van der Waals surface area contributed by atoms with E-state index in [0.29, 0.717) is 43.7 Å². The Kier molecular flexibility index (Phi) is 4.98. The number of hydrogen-bond donors (Lipinski definition) is 2. The van der Waals surface area contributed by atoms with Crippen LogP contribution >= 0.6 is 0 Å². The van der Waals surface area contributed by atoms with Gasteiger partial charge >= 0.3 is 0 Å². The number of carbonyl (C=O) groups is 2. The van der Waals surface area contributed by atoms with E-state index in [-0.39, 0.29) is 24.1 Å². The molecule has 0 saturated carbocycles. The molecule has 0 atom stereocenters. The highest BCUT2D eigenvalue weighted by atomic mass is 16.5. The van der Waals surface area contributed by atoms with Gasteiger partial charge in [0.2, 0.25) is 5.91 Å². The van der Waals surface area contributed by atoms with Crippen molar-refractivity contribution in [2.75, 3.05) is 18.5 Å². The Morgan fingerprint density at radius 3 is 3.00 bits per heavy atom. The minimum Gasteiger partial charge on any atom is -0.482 e. The lowest BCUT2D eigenvalue weighted by atomic mass is 10.0. The van der Waals surface area contributed by atoms with Crippen LogP contribution in [0.3, 0.4) is 0 Å². The van der Waals surface area contributed by atoms with Gasteiger partial charge in [-0.15, -0.1) is 12.3 Å². The van der Waals surface area contributed by atoms with Gasteiger partial charge in [0, 0.05) is 32.2 Å². The summed E-state index contributed by atoms with van der Waals surface area (Å²) in [6.07, 6.45) is 8.27. The zero-order chi connectivity index (χ0) is 17.7. The molecular weight excluding hydrogens is 320 g/mol. The third-order valence-electron chi connectivity index (χ3n) is 4.22. The fourth-order valence-electron chi connectivity index (χ4n) is 2.70. The van der Waals surface area contributed by atoms with Gasteiger partial charge in [0.05, 0.1) is 5.69 Å². The molecule has 7 heteroatoms. The molecule has 0 fully saturated rings. The first kappa shape index (κ1) is 17.0. The summed E-state index contributed by atoms with van der Waals surface area (Å²) in [6, 6.07) is 5.56. The normalized spacial score (nSPS) is 16.2. The van der Waals surface area contributed by atoms with Gasteiger partial charge in [-0.2, -0.15) is 10.2 Å². The molecule has 25 heavy (non-hydrogen) atoms. The van der Waals surface area contributed by atoms with Gasteiger partial charge in [-0.1, -0.05) is 6.07 Å². The fraction of sp³-hybridized carbons (Fsp3) is 0.444. The molecule has 1 aromatic carbocycles. The van der Waals surface area contributed by atoms with E-state index in [1.165, 1.54) is 0 Å². The molecule has 130 valence electrons. The molecule has 0 bridgehead atoms. The minimum atomic E-state index is -0.365. The van der Waals surface area contributed by atoms with E-state index in [1.54, 1.807) is 0 Å². The van der Waals surface area contributed by atoms with Gasteiger partial charge in [-0.25, -0.2) is 0 Å². The molecule has 0 aliphatic carbocycles. The number of rotatable bonds is 8. The summed E-state index contributed by atoms with van der Waals surface area (Å²) < 4.78 is 5.31. The van der Waals surface area contributed by atoms with Crippen molar-refractivity contribution >= 4 is 17.5 Å². The Balaban J connectivity index is 1.40. The van der Waals surface area contributed by atoms with Crippen LogP contribution in [0.2, 0.25) is 0 Å². The summed E-state index contributed by atoms with van der Waals surface area (Å²) in [5, 5.41) is 13.7. The second-order valence-electron chi connectivity index (χ2n) is 6.15. The molecule has 2 amide bonds. The van der Waals surface area contributed by atoms with Crippen molar-refractivity contribution in [3.05, 3.63) is 23.8 Å². The van der Waals surface area contributed by atoms with Gasteiger partial charge in [-0.05, 0) is 24.1 Å². The predicted octanol–water partition coefficient (Wildman–Crippen LogP) is 2.03. The third kappa shape index (κ3) is 4.57. The average Bonchev–Trinajstić information content (AvgIpc) is 3.38. The topological polar surface area (TPSA) is 92.2 Å². The quantitative estimate of drug-likeness (QED) is 0.709. The smallest absolute Gasteiger partial charge is 0.262 e. The van der Waals surface area contributed by atoms with Crippen LogP contribution in [0.5, 0.6) is 5.75 Å². The summed E-state index contributed by atoms with van der Waals surface area (Å²) in [6.45, 7) is 0.570. The standard InChI is InChI=1S/C18H20N4O3/c1-2-3-8-18(21-22-18)9-10-19-16(23)7-5-13-4-6-15-14(11-13)20-17(24)12-25-15/h1,4,6,11H,3,5,7-10,12H2,(H,19,23)(H,20,24). The van der Waals surface area contributed by atoms with E-state index < -0.39 is 0 Å². The largest absolute Gasteiger partial charge is 0.482 e. The van der Waals surface area contributed by atoms with E-state index in [4.69, 9.17) is 11.2 Å². The van der Waals surface area contributed by atoms with Crippen LogP contribution in [0.4, 0.5) is 5.69 Å². The van der Waals surface area contributed by atoms with E-state index in [1.807, 2.05) is 18.2 Å². The molecule has 0 unspecified atom stereocenters. The Hall–Kier alpha value is -2.88. The molecule has 0 aromatic heterocycles. The van der Waals surface area contributed by atoms with E-state index >= 15 is 0 Å². The molecule has 7 nitrogen and oxygen atoms in total. The molecule has 0 saturated heterocycles. The van der Waals surface area contributed by atoms with Crippen LogP contribution in [0.25, 0.3) is 0 Å². The summed E-state index contributed by atoms with van der Waals surface area (Å²) in [5.74, 6) is 3.05. The highest BCUT2D eigenvalue weighted by Gasteiger charge is 2.38. The Morgan fingerprint density at radius 2 is 2.24 bits per heavy atom. The number of nitrogens with one attached hydrogen (secondary N) is 2. The third-order valence-corrected chi connectivity index (χ3v) is 4.22. The molecule has 2 aliphatic heterocycles. The number of terminal acetylenes is 1. The maximum absolute atomic E-state index is 12.0. The van der Waals surface area contributed by atoms with E-state index in [9.17, 15) is 9.59 Å². The second kappa shape index (κ2) is 7.34. The summed E-state index contributed by atoms with van der Waals surface area (Å²) >= 11 is 0. The van der Waals surface area contributed by atoms with Gasteiger partial charge in [0.25, 0.3) is 5.91 Å². The van der Waals surface area contributed by atoms with E-state index in [0.717, 1.165) is 12.0 Å². The first-order valence-corrected chi connectivity index (χ1v) is 8.30. The van der Waals surface area contributed by atoms with Crippen molar-refractivity contribution in [3.63, 3.8) is 0 Å². The molecule has 2 N–H and O–H groups in total. The van der Waals surface area contributed by atoms with Gasteiger partial charge in [0.1, 0.15) is 5.75 Å². The highest BCUT2D eigenvalue weighted by Crippen LogP contribution is 2.36. The Morgan fingerprint density at radius 1 is 1.40 bits per heavy atom. The van der Waals surface area contributed by atoms with Gasteiger partial charge in [0.15, 0.2) is 12.3 Å². The maximum atomic E-state index is 12.0. The van der Waals surface area contributed by atoms with Crippen LogP contribution in [0.1, 0.15) is 31.2 Å². The number of fused-ring (bicyclic) bond motifs is 1. The van der Waals surface area contributed by atoms with Crippen molar-refractivity contribution in [2.45, 2.75) is 37.8 Å². The Labute approximate surface area is 146 Å². The molecule has 1 aromatic rings. The zero-order valence-electron chi connectivity index (χ0n) is 13.9. The molecule has 2 aliphatic rings. The second-order valence-corrected chi connectivity index (χ2v) is 6.15. The monoisotopic (exact) mass is 340 g/mol. The lowest BCUT2D eigenvalue weighted by Crippen LogP contribution is -2.28. The number of nitrogens with zero attached hydrogens (tertiary/aromatic N) is 2.